The van der Waals surface area contributed by atoms with E-state index in [2.05, 4.69) is 38.8 Å². The van der Waals surface area contributed by atoms with Crippen molar-refractivity contribution in [2.75, 3.05) is 0 Å². The molecule has 8 heteroatoms. The third-order valence-corrected chi connectivity index (χ3v) is 9.53. The number of alkyl halides is 3. The first kappa shape index (κ1) is 33.4. The zero-order chi connectivity index (χ0) is 33.5. The van der Waals surface area contributed by atoms with E-state index in [0.717, 1.165) is 76.3 Å². The number of nitrogens with zero attached hydrogens (tertiary/aromatic N) is 3. The van der Waals surface area contributed by atoms with Crippen molar-refractivity contribution in [3.05, 3.63) is 90.5 Å². The van der Waals surface area contributed by atoms with Gasteiger partial charge in [-0.2, -0.15) is 13.2 Å². The molecule has 5 nitrogen and oxygen atoms in total. The van der Waals surface area contributed by atoms with E-state index in [1.165, 1.54) is 5.56 Å². The maximum Gasteiger partial charge on any atom is 0.449 e. The van der Waals surface area contributed by atoms with Crippen LogP contribution in [-0.2, 0) is 12.8 Å². The van der Waals surface area contributed by atoms with Gasteiger partial charge in [0.1, 0.15) is 0 Å². The number of aromatic amines is 1. The topological polar surface area (TPSA) is 73.1 Å². The minimum absolute atomic E-state index is 0.144. The molecule has 0 saturated heterocycles. The number of aromatic nitrogens is 1. The summed E-state index contributed by atoms with van der Waals surface area (Å²) in [6.45, 7) is 16.3. The Morgan fingerprint density at radius 3 is 1.35 bits per heavy atom. The fourth-order valence-electron chi connectivity index (χ4n) is 7.47. The zero-order valence-corrected chi connectivity index (χ0v) is 28.3. The Bertz CT molecular complexity index is 1790. The molecule has 2 N–H and O–H groups in total. The first-order valence-corrected chi connectivity index (χ1v) is 16.8. The standard InChI is InChI=1S/C38H45F3N4O/c1-9-20-22(11-3)30-18-32-24(13-5)26(15-7)35(44-32)34(37(46)38(39,40)41)36-27(16-8)25(14-6)33(45-36)19-31-23(12-4)21(10-2)29(43-31)17-28(20)42-30/h17-19,42,46H,9-16H2,1-8H3/b29-17?,32-18?,33-19?,37-34-. The number of hydrogen-bond acceptors (Lipinski definition) is 4. The molecule has 8 bridgehead atoms. The van der Waals surface area contributed by atoms with E-state index in [1.807, 2.05) is 39.8 Å². The summed E-state index contributed by atoms with van der Waals surface area (Å²) in [4.78, 5) is 18.6. The molecule has 1 aromatic heterocycles. The van der Waals surface area contributed by atoms with Gasteiger partial charge in [0.2, 0.25) is 5.76 Å². The molecular weight excluding hydrogens is 585 g/mol. The highest BCUT2D eigenvalue weighted by atomic mass is 19.4. The van der Waals surface area contributed by atoms with Crippen LogP contribution in [0.15, 0.2) is 82.9 Å². The maximum atomic E-state index is 14.5. The second kappa shape index (κ2) is 13.0. The quantitative estimate of drug-likeness (QED) is 0.276. The van der Waals surface area contributed by atoms with Gasteiger partial charge in [-0.05, 0) is 114 Å². The van der Waals surface area contributed by atoms with Crippen LogP contribution < -0.4 is 0 Å². The fraction of sp³-hybridized carbons (Fsp3) is 0.447. The summed E-state index contributed by atoms with van der Waals surface area (Å²) in [5.74, 6) is -1.66. The average molecular weight is 631 g/mol. The molecule has 1 aromatic rings. The van der Waals surface area contributed by atoms with Crippen LogP contribution in [0.4, 0.5) is 13.2 Å². The van der Waals surface area contributed by atoms with Gasteiger partial charge in [0, 0.05) is 11.4 Å². The van der Waals surface area contributed by atoms with Crippen molar-refractivity contribution in [1.82, 2.24) is 4.98 Å². The van der Waals surface area contributed by atoms with E-state index in [9.17, 15) is 18.3 Å². The number of nitrogens with one attached hydrogen (secondary N) is 1. The first-order chi connectivity index (χ1) is 22.0. The summed E-state index contributed by atoms with van der Waals surface area (Å²) in [5.41, 5.74) is 12.5. The van der Waals surface area contributed by atoms with Crippen LogP contribution >= 0.6 is 0 Å². The predicted molar refractivity (Wildman–Crippen MR) is 184 cm³/mol. The van der Waals surface area contributed by atoms with Gasteiger partial charge in [-0.15, -0.1) is 0 Å². The van der Waals surface area contributed by atoms with Crippen molar-refractivity contribution in [1.29, 1.82) is 0 Å². The van der Waals surface area contributed by atoms with E-state index >= 15 is 0 Å². The summed E-state index contributed by atoms with van der Waals surface area (Å²) >= 11 is 0. The number of aliphatic imine (C=N–C) groups is 3. The van der Waals surface area contributed by atoms with Gasteiger partial charge in [-0.1, -0.05) is 55.4 Å². The summed E-state index contributed by atoms with van der Waals surface area (Å²) in [6.07, 6.45) is 6.29. The van der Waals surface area contributed by atoms with E-state index in [0.29, 0.717) is 48.2 Å². The minimum Gasteiger partial charge on any atom is -0.504 e. The number of halogens is 3. The molecule has 244 valence electrons. The molecule has 4 aliphatic heterocycles. The lowest BCUT2D eigenvalue weighted by Crippen LogP contribution is -2.24. The highest BCUT2D eigenvalue weighted by Crippen LogP contribution is 2.43. The van der Waals surface area contributed by atoms with Crippen molar-refractivity contribution in [3.63, 3.8) is 0 Å². The third kappa shape index (κ3) is 5.43. The lowest BCUT2D eigenvalue weighted by molar-refractivity contribution is -0.120. The Morgan fingerprint density at radius 1 is 0.565 bits per heavy atom. The molecule has 5 rings (SSSR count). The predicted octanol–water partition coefficient (Wildman–Crippen LogP) is 10.8. The van der Waals surface area contributed by atoms with Gasteiger partial charge in [-0.25, -0.2) is 15.0 Å². The molecule has 0 radical (unpaired) electrons. The van der Waals surface area contributed by atoms with Crippen LogP contribution in [0.1, 0.15) is 116 Å². The van der Waals surface area contributed by atoms with E-state index in [-0.39, 0.29) is 17.0 Å². The number of aliphatic hydroxyl groups excluding tert-OH is 1. The van der Waals surface area contributed by atoms with Crippen molar-refractivity contribution in [3.8, 4) is 0 Å². The number of hydrogen-bond donors (Lipinski definition) is 2. The normalized spacial score (nSPS) is 19.5. The smallest absolute Gasteiger partial charge is 0.449 e. The van der Waals surface area contributed by atoms with Gasteiger partial charge < -0.3 is 10.1 Å². The highest BCUT2D eigenvalue weighted by molar-refractivity contribution is 6.37. The number of rotatable bonds is 8. The summed E-state index contributed by atoms with van der Waals surface area (Å²) in [6, 6.07) is 0. The molecule has 0 amide bonds. The van der Waals surface area contributed by atoms with Crippen molar-refractivity contribution in [2.45, 2.75) is 113 Å². The summed E-state index contributed by atoms with van der Waals surface area (Å²) in [5, 5.41) is 11.0. The number of fused-ring (bicyclic) bond motifs is 5. The molecule has 5 heterocycles. The van der Waals surface area contributed by atoms with Crippen LogP contribution in [0.3, 0.4) is 0 Å². The molecule has 0 aromatic carbocycles. The zero-order valence-electron chi connectivity index (χ0n) is 28.3. The Hall–Kier alpha value is -3.94. The molecule has 0 unspecified atom stereocenters. The molecule has 0 fully saturated rings. The van der Waals surface area contributed by atoms with Crippen LogP contribution in [0, 0.1) is 0 Å². The molecule has 46 heavy (non-hydrogen) atoms. The Morgan fingerprint density at radius 2 is 0.957 bits per heavy atom. The van der Waals surface area contributed by atoms with Crippen molar-refractivity contribution >= 4 is 29.3 Å². The van der Waals surface area contributed by atoms with Gasteiger partial charge in [0.15, 0.2) is 0 Å². The summed E-state index contributed by atoms with van der Waals surface area (Å²) < 4.78 is 43.6. The van der Waals surface area contributed by atoms with Crippen LogP contribution in [0.5, 0.6) is 0 Å². The van der Waals surface area contributed by atoms with Crippen LogP contribution in [0.2, 0.25) is 0 Å². The van der Waals surface area contributed by atoms with Gasteiger partial charge in [-0.3, -0.25) is 0 Å². The SMILES string of the molecule is CCC1=C(CC)C2=NC1=Cc1[nH]c(c(CC)c1CC)C=C1N=C(C(CC)=C1CC)/C(=C(/O)C(F)(F)F)C1=NC(=C2)C(CC)=C1CC. The average Bonchev–Trinajstić information content (AvgIpc) is 3.75. The van der Waals surface area contributed by atoms with E-state index < -0.39 is 11.9 Å². The highest BCUT2D eigenvalue weighted by Gasteiger charge is 2.43. The molecule has 0 spiro atoms. The largest absolute Gasteiger partial charge is 0.504 e. The van der Waals surface area contributed by atoms with Crippen molar-refractivity contribution in [2.24, 2.45) is 15.0 Å². The third-order valence-electron chi connectivity index (χ3n) is 9.53. The number of H-pyrrole nitrogens is 1. The molecule has 4 aliphatic rings. The minimum atomic E-state index is -4.99. The first-order valence-electron chi connectivity index (χ1n) is 16.8. The monoisotopic (exact) mass is 630 g/mol. The maximum absolute atomic E-state index is 14.5. The second-order valence-corrected chi connectivity index (χ2v) is 11.8. The Kier molecular flexibility index (Phi) is 9.48. The van der Waals surface area contributed by atoms with Gasteiger partial charge >= 0.3 is 6.18 Å². The van der Waals surface area contributed by atoms with Gasteiger partial charge in [0.05, 0.1) is 39.8 Å². The number of allylic oxidation sites excluding steroid dienone is 9. The fourth-order valence-corrected chi connectivity index (χ4v) is 7.47. The van der Waals surface area contributed by atoms with Gasteiger partial charge in [0.25, 0.3) is 0 Å². The molecular formula is C38H45F3N4O. The summed E-state index contributed by atoms with van der Waals surface area (Å²) in [7, 11) is 0. The van der Waals surface area contributed by atoms with Crippen LogP contribution in [0.25, 0.3) is 12.2 Å². The second-order valence-electron chi connectivity index (χ2n) is 11.8. The Balaban J connectivity index is 1.98. The molecule has 0 atom stereocenters. The lowest BCUT2D eigenvalue weighted by Gasteiger charge is -2.17. The Labute approximate surface area is 270 Å². The van der Waals surface area contributed by atoms with Crippen LogP contribution in [-0.4, -0.2) is 33.4 Å². The van der Waals surface area contributed by atoms with E-state index in [1.54, 1.807) is 0 Å². The van der Waals surface area contributed by atoms with Crippen molar-refractivity contribution < 1.29 is 18.3 Å². The molecule has 0 aliphatic carbocycles. The number of aliphatic hydroxyl groups is 1. The van der Waals surface area contributed by atoms with E-state index in [4.69, 9.17) is 15.0 Å². The lowest BCUT2D eigenvalue weighted by atomic mass is 9.88. The molecule has 0 saturated carbocycles.